The Morgan fingerprint density at radius 2 is 1.96 bits per heavy atom. The number of hydrogen-bond donors (Lipinski definition) is 2. The van der Waals surface area contributed by atoms with Crippen LogP contribution in [0.1, 0.15) is 38.5 Å². The van der Waals surface area contributed by atoms with Crippen molar-refractivity contribution in [2.45, 2.75) is 62.8 Å². The Bertz CT molecular complexity index is 610. The number of rotatable bonds is 4. The van der Waals surface area contributed by atoms with E-state index < -0.39 is 42.1 Å². The summed E-state index contributed by atoms with van der Waals surface area (Å²) in [6.45, 7) is -0.485. The molecule has 0 aromatic rings. The van der Waals surface area contributed by atoms with Crippen LogP contribution < -0.4 is 5.32 Å². The first-order valence-corrected chi connectivity index (χ1v) is 8.44. The van der Waals surface area contributed by atoms with Gasteiger partial charge in [-0.15, -0.1) is 0 Å². The topological polar surface area (TPSA) is 93.4 Å². The number of nitrogens with zero attached hydrogens (tertiary/aromatic N) is 2. The van der Waals surface area contributed by atoms with Crippen molar-refractivity contribution < 1.29 is 27.9 Å². The van der Waals surface area contributed by atoms with Gasteiger partial charge in [0.25, 0.3) is 0 Å². The summed E-state index contributed by atoms with van der Waals surface area (Å²) in [6.07, 6.45) is -1.82. The molecule has 2 aliphatic carbocycles. The molecule has 2 N–H and O–H groups in total. The second kappa shape index (κ2) is 6.16. The minimum Gasteiger partial charge on any atom is -0.396 e. The van der Waals surface area contributed by atoms with Crippen molar-refractivity contribution >= 4 is 11.8 Å². The molecule has 0 aromatic heterocycles. The van der Waals surface area contributed by atoms with Crippen molar-refractivity contribution in [2.75, 3.05) is 6.61 Å². The number of halogens is 3. The molecule has 4 unspecified atom stereocenters. The lowest BCUT2D eigenvalue weighted by atomic mass is 9.78. The van der Waals surface area contributed by atoms with Crippen molar-refractivity contribution in [2.24, 2.45) is 11.3 Å². The lowest BCUT2D eigenvalue weighted by molar-refractivity contribution is -0.176. The van der Waals surface area contributed by atoms with Crippen LogP contribution in [-0.2, 0) is 9.59 Å². The molecule has 1 aliphatic heterocycles. The van der Waals surface area contributed by atoms with Crippen LogP contribution in [0.15, 0.2) is 0 Å². The summed E-state index contributed by atoms with van der Waals surface area (Å²) in [5, 5.41) is 20.9. The lowest BCUT2D eigenvalue weighted by Crippen LogP contribution is -2.60. The van der Waals surface area contributed by atoms with E-state index in [9.17, 15) is 33.1 Å². The quantitative estimate of drug-likeness (QED) is 0.786. The third-order valence-corrected chi connectivity index (χ3v) is 5.81. The average molecular weight is 359 g/mol. The van der Waals surface area contributed by atoms with Gasteiger partial charge in [-0.25, -0.2) is 0 Å². The van der Waals surface area contributed by atoms with E-state index in [1.165, 1.54) is 4.90 Å². The van der Waals surface area contributed by atoms with Crippen LogP contribution in [0.4, 0.5) is 13.2 Å². The molecular formula is C16H20F3N3O3. The van der Waals surface area contributed by atoms with E-state index >= 15 is 0 Å². The zero-order valence-electron chi connectivity index (χ0n) is 13.6. The fraction of sp³-hybridized carbons (Fsp3) is 0.812. The molecule has 3 aliphatic rings. The number of carbonyl (C=O) groups is 2. The number of carbonyl (C=O) groups excluding carboxylic acids is 2. The Hall–Kier alpha value is -1.82. The molecule has 9 heteroatoms. The van der Waals surface area contributed by atoms with Crippen molar-refractivity contribution in [3.63, 3.8) is 0 Å². The molecule has 0 radical (unpaired) electrons. The van der Waals surface area contributed by atoms with Crippen LogP contribution in [0.3, 0.4) is 0 Å². The average Bonchev–Trinajstić information content (AvgIpc) is 3.00. The highest BCUT2D eigenvalue weighted by molar-refractivity contribution is 5.91. The molecule has 2 amide bonds. The third kappa shape index (κ3) is 3.08. The number of hydrogen-bond acceptors (Lipinski definition) is 4. The summed E-state index contributed by atoms with van der Waals surface area (Å²) in [5.74, 6) is -2.66. The van der Waals surface area contributed by atoms with Gasteiger partial charge in [-0.3, -0.25) is 9.59 Å². The minimum atomic E-state index is -5.12. The number of aliphatic hydroxyl groups excluding tert-OH is 1. The highest BCUT2D eigenvalue weighted by Crippen LogP contribution is 2.49. The van der Waals surface area contributed by atoms with Crippen molar-refractivity contribution in [1.29, 1.82) is 5.26 Å². The van der Waals surface area contributed by atoms with Gasteiger partial charge < -0.3 is 15.3 Å². The predicted molar refractivity (Wildman–Crippen MR) is 78.7 cm³/mol. The molecule has 25 heavy (non-hydrogen) atoms. The number of piperidine rings is 1. The maximum Gasteiger partial charge on any atom is 0.471 e. The molecule has 4 atom stereocenters. The van der Waals surface area contributed by atoms with Gasteiger partial charge >= 0.3 is 12.1 Å². The molecule has 2 saturated carbocycles. The monoisotopic (exact) mass is 359 g/mol. The van der Waals surface area contributed by atoms with Crippen LogP contribution in [-0.4, -0.2) is 52.7 Å². The molecule has 3 rings (SSSR count). The van der Waals surface area contributed by atoms with Crippen LogP contribution in [0.25, 0.3) is 0 Å². The SMILES string of the molecule is N#CC1CC2CC2N1C(=O)C(NC(=O)C(F)(F)F)C1(CO)CCCC1. The van der Waals surface area contributed by atoms with Gasteiger partial charge in [0.1, 0.15) is 12.1 Å². The van der Waals surface area contributed by atoms with Gasteiger partial charge in [-0.1, -0.05) is 12.8 Å². The zero-order chi connectivity index (χ0) is 18.4. The summed E-state index contributed by atoms with van der Waals surface area (Å²) in [5.41, 5.74) is -1.11. The Kier molecular flexibility index (Phi) is 4.43. The number of fused-ring (bicyclic) bond motifs is 1. The van der Waals surface area contributed by atoms with E-state index in [-0.39, 0.29) is 12.0 Å². The number of nitrogens with one attached hydrogen (secondary N) is 1. The second-order valence-corrected chi connectivity index (χ2v) is 7.32. The van der Waals surface area contributed by atoms with Gasteiger partial charge in [-0.2, -0.15) is 18.4 Å². The first-order valence-electron chi connectivity index (χ1n) is 8.44. The smallest absolute Gasteiger partial charge is 0.396 e. The molecule has 0 spiro atoms. The normalized spacial score (nSPS) is 31.2. The summed E-state index contributed by atoms with van der Waals surface area (Å²) in [4.78, 5) is 25.9. The van der Waals surface area contributed by atoms with Crippen molar-refractivity contribution in [1.82, 2.24) is 10.2 Å². The maximum atomic E-state index is 13.0. The molecule has 3 fully saturated rings. The van der Waals surface area contributed by atoms with Gasteiger partial charge in [0, 0.05) is 11.5 Å². The van der Waals surface area contributed by atoms with Gasteiger partial charge in [0.15, 0.2) is 0 Å². The van der Waals surface area contributed by atoms with Crippen LogP contribution in [0.5, 0.6) is 0 Å². The fourth-order valence-electron chi connectivity index (χ4n) is 4.34. The van der Waals surface area contributed by atoms with E-state index in [0.717, 1.165) is 6.42 Å². The van der Waals surface area contributed by atoms with Gasteiger partial charge in [-0.05, 0) is 31.6 Å². The predicted octanol–water partition coefficient (Wildman–Crippen LogP) is 1.10. The Balaban J connectivity index is 1.89. The van der Waals surface area contributed by atoms with E-state index in [4.69, 9.17) is 0 Å². The summed E-state index contributed by atoms with van der Waals surface area (Å²) in [6, 6.07) is -0.266. The summed E-state index contributed by atoms with van der Waals surface area (Å²) in [7, 11) is 0. The second-order valence-electron chi connectivity index (χ2n) is 7.32. The van der Waals surface area contributed by atoms with Gasteiger partial charge in [0.2, 0.25) is 5.91 Å². The first-order chi connectivity index (χ1) is 11.7. The third-order valence-electron chi connectivity index (χ3n) is 5.81. The highest BCUT2D eigenvalue weighted by Gasteiger charge is 2.58. The molecule has 0 bridgehead atoms. The molecule has 0 aromatic carbocycles. The van der Waals surface area contributed by atoms with Gasteiger partial charge in [0.05, 0.1) is 12.7 Å². The summed E-state index contributed by atoms with van der Waals surface area (Å²) >= 11 is 0. The number of alkyl halides is 3. The number of likely N-dealkylation sites (tertiary alicyclic amines) is 1. The Morgan fingerprint density at radius 3 is 2.48 bits per heavy atom. The lowest BCUT2D eigenvalue weighted by Gasteiger charge is -2.38. The molecule has 1 heterocycles. The molecular weight excluding hydrogens is 339 g/mol. The molecule has 6 nitrogen and oxygen atoms in total. The Morgan fingerprint density at radius 1 is 1.32 bits per heavy atom. The van der Waals surface area contributed by atoms with E-state index in [2.05, 4.69) is 0 Å². The minimum absolute atomic E-state index is 0.139. The molecule has 1 saturated heterocycles. The number of nitriles is 1. The van der Waals surface area contributed by atoms with Crippen LogP contribution in [0, 0.1) is 22.7 Å². The van der Waals surface area contributed by atoms with Crippen molar-refractivity contribution in [3.8, 4) is 6.07 Å². The van der Waals surface area contributed by atoms with Crippen molar-refractivity contribution in [3.05, 3.63) is 0 Å². The van der Waals surface area contributed by atoms with E-state index in [1.54, 1.807) is 0 Å². The zero-order valence-corrected chi connectivity index (χ0v) is 13.6. The van der Waals surface area contributed by atoms with E-state index in [1.807, 2.05) is 11.4 Å². The van der Waals surface area contributed by atoms with Crippen LogP contribution >= 0.6 is 0 Å². The van der Waals surface area contributed by atoms with Crippen LogP contribution in [0.2, 0.25) is 0 Å². The number of amides is 2. The first kappa shape index (κ1) is 18.0. The largest absolute Gasteiger partial charge is 0.471 e. The molecule has 138 valence electrons. The number of aliphatic hydroxyl groups is 1. The maximum absolute atomic E-state index is 13.0. The Labute approximate surface area is 143 Å². The summed E-state index contributed by atoms with van der Waals surface area (Å²) < 4.78 is 38.2. The highest BCUT2D eigenvalue weighted by atomic mass is 19.4. The fourth-order valence-corrected chi connectivity index (χ4v) is 4.34. The van der Waals surface area contributed by atoms with E-state index in [0.29, 0.717) is 32.1 Å². The standard InChI is InChI=1S/C16H20F3N3O3/c17-16(18,19)14(25)21-12(15(8-23)3-1-2-4-15)13(24)22-10(7-20)5-9-6-11(9)22/h9-12,23H,1-6,8H2,(H,21,25).